The van der Waals surface area contributed by atoms with E-state index < -0.39 is 65.2 Å². The van der Waals surface area contributed by atoms with E-state index in [0.717, 1.165) is 0 Å². The molecule has 4 aliphatic rings. The highest BCUT2D eigenvalue weighted by Crippen LogP contribution is 2.62. The lowest BCUT2D eigenvalue weighted by atomic mass is 9.55. The lowest BCUT2D eigenvalue weighted by molar-refractivity contribution is -0.253. The van der Waals surface area contributed by atoms with E-state index in [1.54, 1.807) is 6.92 Å². The third-order valence-electron chi connectivity index (χ3n) is 8.53. The summed E-state index contributed by atoms with van der Waals surface area (Å²) in [5, 5.41) is 11.2. The van der Waals surface area contributed by atoms with Crippen molar-refractivity contribution in [2.75, 3.05) is 0 Å². The number of aliphatic hydroxyl groups is 1. The van der Waals surface area contributed by atoms with Gasteiger partial charge in [-0.1, -0.05) is 20.4 Å². The van der Waals surface area contributed by atoms with Crippen molar-refractivity contribution in [2.45, 2.75) is 109 Å². The number of carbonyl (C=O) groups excluding carboxylic acids is 3. The monoisotopic (exact) mass is 494 g/mol. The van der Waals surface area contributed by atoms with Gasteiger partial charge >= 0.3 is 17.9 Å². The zero-order valence-electron chi connectivity index (χ0n) is 21.7. The number of carbonyl (C=O) groups is 3. The van der Waals surface area contributed by atoms with Crippen molar-refractivity contribution in [3.05, 3.63) is 12.2 Å². The van der Waals surface area contributed by atoms with Crippen molar-refractivity contribution in [1.82, 2.24) is 0 Å². The average Bonchev–Trinajstić information content (AvgIpc) is 3.24. The summed E-state index contributed by atoms with van der Waals surface area (Å²) in [7, 11) is 0. The van der Waals surface area contributed by atoms with E-state index in [1.165, 1.54) is 20.8 Å². The van der Waals surface area contributed by atoms with Crippen LogP contribution in [0.25, 0.3) is 0 Å². The molecule has 0 aromatic heterocycles. The summed E-state index contributed by atoms with van der Waals surface area (Å²) >= 11 is 0. The van der Waals surface area contributed by atoms with Crippen LogP contribution in [0.5, 0.6) is 0 Å². The molecule has 35 heavy (non-hydrogen) atoms. The summed E-state index contributed by atoms with van der Waals surface area (Å²) in [5.74, 6) is -4.12. The van der Waals surface area contributed by atoms with E-state index in [9.17, 15) is 19.5 Å². The van der Waals surface area contributed by atoms with Crippen LogP contribution in [0.3, 0.4) is 0 Å². The lowest BCUT2D eigenvalue weighted by Gasteiger charge is -2.55. The van der Waals surface area contributed by atoms with Gasteiger partial charge in [-0.3, -0.25) is 14.4 Å². The van der Waals surface area contributed by atoms with Crippen LogP contribution in [0.2, 0.25) is 0 Å². The van der Waals surface area contributed by atoms with E-state index in [4.69, 9.17) is 23.7 Å². The molecule has 1 aliphatic carbocycles. The first-order chi connectivity index (χ1) is 16.1. The van der Waals surface area contributed by atoms with Gasteiger partial charge in [0.1, 0.15) is 6.10 Å². The Kier molecular flexibility index (Phi) is 6.38. The Hall–Kier alpha value is -1.97. The zero-order chi connectivity index (χ0) is 26.1. The molecule has 0 unspecified atom stereocenters. The second-order valence-electron chi connectivity index (χ2n) is 11.4. The van der Waals surface area contributed by atoms with E-state index in [1.807, 2.05) is 20.8 Å². The first-order valence-electron chi connectivity index (χ1n) is 12.4. The molecule has 0 aromatic carbocycles. The standard InChI is InChI=1S/C26H38O9/c1-12(2)18-19-20(17-11-13(3)26(30)10-9-24(7,35-26)22(19)33-17)25(8,34-16(6)29)23(32-15(5)28)21(18)31-14(4)27/h12,17-23,30H,3,9-11H2,1-2,4-8H3/t17-,18-,19-,20-,21+,22-,23+,24+,25+,26-/m0/s1. The second kappa shape index (κ2) is 8.56. The molecule has 4 bridgehead atoms. The molecule has 0 radical (unpaired) electrons. The van der Waals surface area contributed by atoms with Crippen LogP contribution in [-0.4, -0.2) is 64.4 Å². The third-order valence-corrected chi connectivity index (χ3v) is 8.53. The molecule has 10 atom stereocenters. The van der Waals surface area contributed by atoms with Gasteiger partial charge in [-0.15, -0.1) is 0 Å². The van der Waals surface area contributed by atoms with Crippen molar-refractivity contribution >= 4 is 17.9 Å². The Labute approximate surface area is 206 Å². The SMILES string of the molecule is C=C1C[C@@H]2O[C@@H]([C@H]3[C@H](C(C)C)[C@@H](OC(C)=O)[C@@H](OC(C)=O)[C@](C)(OC(C)=O)[C@H]32)[C@@]2(C)CC[C@]1(O)O2. The zero-order valence-corrected chi connectivity index (χ0v) is 21.7. The minimum absolute atomic E-state index is 0.00974. The quantitative estimate of drug-likeness (QED) is 0.357. The van der Waals surface area contributed by atoms with Gasteiger partial charge in [0.2, 0.25) is 0 Å². The Bertz CT molecular complexity index is 930. The molecule has 1 N–H and O–H groups in total. The van der Waals surface area contributed by atoms with Gasteiger partial charge in [-0.25, -0.2) is 0 Å². The van der Waals surface area contributed by atoms with Crippen LogP contribution in [0.15, 0.2) is 12.2 Å². The molecule has 0 aromatic rings. The topological polar surface area (TPSA) is 118 Å². The number of ether oxygens (including phenoxy) is 5. The summed E-state index contributed by atoms with van der Waals surface area (Å²) in [6.07, 6.45) is -1.64. The number of hydrogen-bond donors (Lipinski definition) is 1. The molecule has 1 saturated carbocycles. The fraction of sp³-hybridized carbons (Fsp3) is 0.808. The van der Waals surface area contributed by atoms with Crippen LogP contribution in [0, 0.1) is 23.7 Å². The summed E-state index contributed by atoms with van der Waals surface area (Å²) in [6.45, 7) is 15.7. The number of hydrogen-bond acceptors (Lipinski definition) is 9. The molecule has 0 spiro atoms. The normalized spacial score (nSPS) is 46.4. The van der Waals surface area contributed by atoms with Gasteiger partial charge in [0.05, 0.1) is 17.8 Å². The van der Waals surface area contributed by atoms with E-state index in [0.29, 0.717) is 18.4 Å². The maximum atomic E-state index is 12.4. The number of fused-ring (bicyclic) bond motifs is 8. The maximum absolute atomic E-state index is 12.4. The molecule has 0 amide bonds. The van der Waals surface area contributed by atoms with Crippen molar-refractivity contribution in [2.24, 2.45) is 23.7 Å². The summed E-state index contributed by atoms with van der Waals surface area (Å²) < 4.78 is 30.6. The molecular weight excluding hydrogens is 456 g/mol. The number of esters is 3. The molecule has 3 saturated heterocycles. The van der Waals surface area contributed by atoms with Crippen LogP contribution < -0.4 is 0 Å². The summed E-state index contributed by atoms with van der Waals surface area (Å²) in [4.78, 5) is 37.0. The molecule has 9 heteroatoms. The van der Waals surface area contributed by atoms with Crippen LogP contribution in [0.1, 0.15) is 67.7 Å². The van der Waals surface area contributed by atoms with Crippen LogP contribution in [0.4, 0.5) is 0 Å². The van der Waals surface area contributed by atoms with Gasteiger partial charge in [0, 0.05) is 44.9 Å². The van der Waals surface area contributed by atoms with Gasteiger partial charge in [-0.05, 0) is 38.2 Å². The minimum atomic E-state index is -1.46. The molecule has 4 rings (SSSR count). The van der Waals surface area contributed by atoms with Gasteiger partial charge in [0.15, 0.2) is 17.5 Å². The first kappa shape index (κ1) is 26.1. The number of rotatable bonds is 4. The van der Waals surface area contributed by atoms with Gasteiger partial charge in [0.25, 0.3) is 0 Å². The third kappa shape index (κ3) is 4.09. The average molecular weight is 495 g/mol. The molecule has 4 fully saturated rings. The highest BCUT2D eigenvalue weighted by atomic mass is 16.7. The predicted molar refractivity (Wildman–Crippen MR) is 123 cm³/mol. The van der Waals surface area contributed by atoms with Gasteiger partial charge < -0.3 is 28.8 Å². The Morgan fingerprint density at radius 2 is 1.69 bits per heavy atom. The summed E-state index contributed by atoms with van der Waals surface area (Å²) in [6, 6.07) is 0. The molecular formula is C26H38O9. The Morgan fingerprint density at radius 3 is 2.23 bits per heavy atom. The van der Waals surface area contributed by atoms with Crippen molar-refractivity contribution in [3.63, 3.8) is 0 Å². The highest BCUT2D eigenvalue weighted by Gasteiger charge is 2.73. The fourth-order valence-corrected chi connectivity index (χ4v) is 7.37. The molecule has 196 valence electrons. The summed E-state index contributed by atoms with van der Waals surface area (Å²) in [5.41, 5.74) is -1.70. The van der Waals surface area contributed by atoms with Crippen molar-refractivity contribution < 1.29 is 43.2 Å². The fourth-order valence-electron chi connectivity index (χ4n) is 7.37. The van der Waals surface area contributed by atoms with Gasteiger partial charge in [-0.2, -0.15) is 0 Å². The highest BCUT2D eigenvalue weighted by molar-refractivity contribution is 5.69. The van der Waals surface area contributed by atoms with E-state index in [2.05, 4.69) is 6.58 Å². The Balaban J connectivity index is 1.94. The lowest BCUT2D eigenvalue weighted by Crippen LogP contribution is -2.69. The molecule has 3 heterocycles. The second-order valence-corrected chi connectivity index (χ2v) is 11.4. The maximum Gasteiger partial charge on any atom is 0.303 e. The molecule has 9 nitrogen and oxygen atoms in total. The first-order valence-corrected chi connectivity index (χ1v) is 12.4. The van der Waals surface area contributed by atoms with Crippen molar-refractivity contribution in [3.8, 4) is 0 Å². The Morgan fingerprint density at radius 1 is 1.06 bits per heavy atom. The van der Waals surface area contributed by atoms with E-state index >= 15 is 0 Å². The minimum Gasteiger partial charge on any atom is -0.458 e. The predicted octanol–water partition coefficient (Wildman–Crippen LogP) is 2.67. The van der Waals surface area contributed by atoms with Crippen LogP contribution >= 0.6 is 0 Å². The van der Waals surface area contributed by atoms with E-state index in [-0.39, 0.29) is 24.2 Å². The largest absolute Gasteiger partial charge is 0.458 e. The van der Waals surface area contributed by atoms with Crippen molar-refractivity contribution in [1.29, 1.82) is 0 Å². The smallest absolute Gasteiger partial charge is 0.303 e. The molecule has 3 aliphatic heterocycles. The van der Waals surface area contributed by atoms with Crippen LogP contribution in [-0.2, 0) is 38.1 Å².